The van der Waals surface area contributed by atoms with E-state index in [0.29, 0.717) is 6.54 Å². The Labute approximate surface area is 91.2 Å². The summed E-state index contributed by atoms with van der Waals surface area (Å²) in [5, 5.41) is 13.2. The van der Waals surface area contributed by atoms with E-state index in [1.807, 2.05) is 0 Å². The van der Waals surface area contributed by atoms with Crippen LogP contribution in [0.2, 0.25) is 5.02 Å². The molecule has 0 saturated carbocycles. The first-order valence-electron chi connectivity index (χ1n) is 4.29. The molecule has 0 unspecified atom stereocenters. The number of carbonyl (C=O) groups is 1. The molecule has 15 heavy (non-hydrogen) atoms. The average molecular weight is 229 g/mol. The second-order valence-corrected chi connectivity index (χ2v) is 3.16. The third kappa shape index (κ3) is 2.44. The highest BCUT2D eigenvalue weighted by Gasteiger charge is 2.22. The van der Waals surface area contributed by atoms with Crippen molar-refractivity contribution in [2.24, 2.45) is 0 Å². The van der Waals surface area contributed by atoms with Crippen LogP contribution in [0.15, 0.2) is 18.2 Å². The van der Waals surface area contributed by atoms with Crippen LogP contribution in [0, 0.1) is 10.1 Å². The van der Waals surface area contributed by atoms with Gasteiger partial charge in [0.05, 0.1) is 9.95 Å². The van der Waals surface area contributed by atoms with E-state index < -0.39 is 10.8 Å². The van der Waals surface area contributed by atoms with Crippen molar-refractivity contribution in [2.45, 2.75) is 6.92 Å². The number of halogens is 1. The van der Waals surface area contributed by atoms with Gasteiger partial charge in [0.25, 0.3) is 11.6 Å². The Kier molecular flexibility index (Phi) is 3.62. The van der Waals surface area contributed by atoms with Gasteiger partial charge in [-0.15, -0.1) is 0 Å². The van der Waals surface area contributed by atoms with Gasteiger partial charge in [-0.2, -0.15) is 0 Å². The number of nitro benzene ring substituents is 1. The van der Waals surface area contributed by atoms with Gasteiger partial charge >= 0.3 is 0 Å². The van der Waals surface area contributed by atoms with Crippen LogP contribution >= 0.6 is 11.6 Å². The summed E-state index contributed by atoms with van der Waals surface area (Å²) in [5.41, 5.74) is -0.375. The highest BCUT2D eigenvalue weighted by atomic mass is 35.5. The van der Waals surface area contributed by atoms with Gasteiger partial charge < -0.3 is 5.32 Å². The standard InChI is InChI=1S/C9H9ClN2O3/c1-2-11-9(13)8-6(10)4-3-5-7(8)12(14)15/h3-5H,2H2,1H3,(H,11,13). The smallest absolute Gasteiger partial charge is 0.283 e. The quantitative estimate of drug-likeness (QED) is 0.635. The van der Waals surface area contributed by atoms with E-state index in [0.717, 1.165) is 0 Å². The summed E-state index contributed by atoms with van der Waals surface area (Å²) in [6.07, 6.45) is 0. The van der Waals surface area contributed by atoms with Gasteiger partial charge in [-0.3, -0.25) is 14.9 Å². The summed E-state index contributed by atoms with van der Waals surface area (Å²) < 4.78 is 0. The molecule has 80 valence electrons. The average Bonchev–Trinajstić information content (AvgIpc) is 2.17. The van der Waals surface area contributed by atoms with Gasteiger partial charge in [-0.05, 0) is 13.0 Å². The van der Waals surface area contributed by atoms with Crippen LogP contribution in [0.1, 0.15) is 17.3 Å². The van der Waals surface area contributed by atoms with Crippen molar-refractivity contribution in [3.8, 4) is 0 Å². The minimum absolute atomic E-state index is 0.0788. The summed E-state index contributed by atoms with van der Waals surface area (Å²) in [5.74, 6) is -0.533. The molecule has 1 rings (SSSR count). The molecule has 0 aliphatic rings. The molecule has 1 aromatic rings. The zero-order valence-electron chi connectivity index (χ0n) is 7.99. The molecule has 1 N–H and O–H groups in total. The van der Waals surface area contributed by atoms with Gasteiger partial charge in [0, 0.05) is 12.6 Å². The Balaban J connectivity index is 3.24. The molecule has 6 heteroatoms. The third-order valence-electron chi connectivity index (χ3n) is 1.75. The van der Waals surface area contributed by atoms with E-state index in [1.54, 1.807) is 6.92 Å². The van der Waals surface area contributed by atoms with Crippen LogP contribution in [-0.4, -0.2) is 17.4 Å². The Bertz CT molecular complexity index is 406. The maximum atomic E-state index is 11.5. The zero-order valence-corrected chi connectivity index (χ0v) is 8.75. The lowest BCUT2D eigenvalue weighted by Crippen LogP contribution is -2.23. The lowest BCUT2D eigenvalue weighted by atomic mass is 10.1. The van der Waals surface area contributed by atoms with E-state index >= 15 is 0 Å². The van der Waals surface area contributed by atoms with E-state index in [4.69, 9.17) is 11.6 Å². The third-order valence-corrected chi connectivity index (χ3v) is 2.07. The van der Waals surface area contributed by atoms with Crippen molar-refractivity contribution in [3.05, 3.63) is 38.9 Å². The van der Waals surface area contributed by atoms with Crippen LogP contribution in [-0.2, 0) is 0 Å². The number of nitrogens with one attached hydrogen (secondary N) is 1. The van der Waals surface area contributed by atoms with Crippen LogP contribution in [0.3, 0.4) is 0 Å². The molecule has 0 saturated heterocycles. The lowest BCUT2D eigenvalue weighted by molar-refractivity contribution is -0.385. The fourth-order valence-corrected chi connectivity index (χ4v) is 1.39. The first-order chi connectivity index (χ1) is 7.07. The molecule has 1 aromatic carbocycles. The molecule has 0 radical (unpaired) electrons. The van der Waals surface area contributed by atoms with Crippen molar-refractivity contribution >= 4 is 23.2 Å². The van der Waals surface area contributed by atoms with Gasteiger partial charge in [0.2, 0.25) is 0 Å². The molecule has 0 spiro atoms. The Morgan fingerprint density at radius 3 is 2.80 bits per heavy atom. The maximum Gasteiger partial charge on any atom is 0.283 e. The number of nitro groups is 1. The molecule has 1 amide bonds. The van der Waals surface area contributed by atoms with Gasteiger partial charge in [0.15, 0.2) is 0 Å². The van der Waals surface area contributed by atoms with Gasteiger partial charge in [0.1, 0.15) is 5.56 Å². The normalized spacial score (nSPS) is 9.73. The first kappa shape index (κ1) is 11.5. The maximum absolute atomic E-state index is 11.5. The number of benzene rings is 1. The predicted octanol–water partition coefficient (Wildman–Crippen LogP) is 2.00. The van der Waals surface area contributed by atoms with Crippen LogP contribution in [0.5, 0.6) is 0 Å². The number of amides is 1. The van der Waals surface area contributed by atoms with Crippen molar-refractivity contribution < 1.29 is 9.72 Å². The second kappa shape index (κ2) is 4.75. The Morgan fingerprint density at radius 2 is 2.27 bits per heavy atom. The van der Waals surface area contributed by atoms with Crippen molar-refractivity contribution in [2.75, 3.05) is 6.54 Å². The molecule has 0 aliphatic carbocycles. The van der Waals surface area contributed by atoms with Crippen molar-refractivity contribution in [1.82, 2.24) is 5.32 Å². The number of carbonyl (C=O) groups excluding carboxylic acids is 1. The fourth-order valence-electron chi connectivity index (χ4n) is 1.14. The molecular formula is C9H9ClN2O3. The SMILES string of the molecule is CCNC(=O)c1c(Cl)cccc1[N+](=O)[O-]. The highest BCUT2D eigenvalue weighted by Crippen LogP contribution is 2.25. The first-order valence-corrected chi connectivity index (χ1v) is 4.66. The van der Waals surface area contributed by atoms with E-state index in [9.17, 15) is 14.9 Å². The molecule has 5 nitrogen and oxygen atoms in total. The summed E-state index contributed by atoms with van der Waals surface area (Å²) >= 11 is 5.74. The summed E-state index contributed by atoms with van der Waals surface area (Å²) in [4.78, 5) is 21.5. The molecule has 0 bridgehead atoms. The Morgan fingerprint density at radius 1 is 1.60 bits per heavy atom. The van der Waals surface area contributed by atoms with Gasteiger partial charge in [-0.1, -0.05) is 17.7 Å². The largest absolute Gasteiger partial charge is 0.352 e. The monoisotopic (exact) mass is 228 g/mol. The molecule has 0 aliphatic heterocycles. The number of hydrogen-bond acceptors (Lipinski definition) is 3. The molecule has 0 atom stereocenters. The molecule has 0 fully saturated rings. The van der Waals surface area contributed by atoms with Crippen LogP contribution in [0.4, 0.5) is 5.69 Å². The second-order valence-electron chi connectivity index (χ2n) is 2.75. The number of hydrogen-bond donors (Lipinski definition) is 1. The van der Waals surface area contributed by atoms with Crippen molar-refractivity contribution in [3.63, 3.8) is 0 Å². The summed E-state index contributed by atoms with van der Waals surface area (Å²) in [6, 6.07) is 4.12. The molecule has 0 heterocycles. The lowest BCUT2D eigenvalue weighted by Gasteiger charge is -2.04. The van der Waals surface area contributed by atoms with Gasteiger partial charge in [-0.25, -0.2) is 0 Å². The number of rotatable bonds is 3. The molecule has 0 aromatic heterocycles. The van der Waals surface area contributed by atoms with Crippen LogP contribution < -0.4 is 5.32 Å². The summed E-state index contributed by atoms with van der Waals surface area (Å²) in [6.45, 7) is 2.11. The highest BCUT2D eigenvalue weighted by molar-refractivity contribution is 6.34. The minimum atomic E-state index is -0.629. The zero-order chi connectivity index (χ0) is 11.4. The molecular weight excluding hydrogens is 220 g/mol. The summed E-state index contributed by atoms with van der Waals surface area (Å²) in [7, 11) is 0. The minimum Gasteiger partial charge on any atom is -0.352 e. The van der Waals surface area contributed by atoms with Crippen molar-refractivity contribution in [1.29, 1.82) is 0 Å². The van der Waals surface area contributed by atoms with E-state index in [1.165, 1.54) is 18.2 Å². The van der Waals surface area contributed by atoms with E-state index in [2.05, 4.69) is 5.32 Å². The number of nitrogens with zero attached hydrogens (tertiary/aromatic N) is 1. The Hall–Kier alpha value is -1.62. The predicted molar refractivity (Wildman–Crippen MR) is 56.1 cm³/mol. The van der Waals surface area contributed by atoms with E-state index in [-0.39, 0.29) is 16.3 Å². The van der Waals surface area contributed by atoms with Crippen LogP contribution in [0.25, 0.3) is 0 Å². The topological polar surface area (TPSA) is 72.2 Å². The fraction of sp³-hybridized carbons (Fsp3) is 0.222.